The summed E-state index contributed by atoms with van der Waals surface area (Å²) < 4.78 is 9.87. The fraction of sp³-hybridized carbons (Fsp3) is 0.500. The van der Waals surface area contributed by atoms with Gasteiger partial charge in [-0.05, 0) is 6.42 Å². The van der Waals surface area contributed by atoms with Crippen LogP contribution in [0.2, 0.25) is 5.02 Å². The topological polar surface area (TPSA) is 69.6 Å². The highest BCUT2D eigenvalue weighted by molar-refractivity contribution is 6.99. The Bertz CT molecular complexity index is 493. The summed E-state index contributed by atoms with van der Waals surface area (Å²) in [5.41, 5.74) is 8.72. The molecule has 1 atom stereocenters. The van der Waals surface area contributed by atoms with Gasteiger partial charge in [-0.2, -0.15) is 13.8 Å². The van der Waals surface area contributed by atoms with Gasteiger partial charge in [0.05, 0.1) is 46.1 Å². The molecule has 0 aliphatic rings. The van der Waals surface area contributed by atoms with Crippen LogP contribution in [0.1, 0.15) is 30.0 Å². The Labute approximate surface area is 109 Å². The molecule has 0 saturated heterocycles. The van der Waals surface area contributed by atoms with Crippen LogP contribution in [-0.4, -0.2) is 18.5 Å². The van der Waals surface area contributed by atoms with E-state index in [1.54, 1.807) is 10.9 Å². The molecule has 0 aromatic carbocycles. The van der Waals surface area contributed by atoms with Crippen molar-refractivity contribution >= 4 is 23.3 Å². The van der Waals surface area contributed by atoms with Crippen LogP contribution < -0.4 is 5.73 Å². The molecular formula is C10H14ClN5S. The molecule has 0 bridgehead atoms. The van der Waals surface area contributed by atoms with Gasteiger partial charge in [0.2, 0.25) is 0 Å². The maximum Gasteiger partial charge on any atom is 0.0914 e. The van der Waals surface area contributed by atoms with Gasteiger partial charge in [-0.25, -0.2) is 0 Å². The molecule has 2 aromatic rings. The Hall–Kier alpha value is -0.980. The maximum atomic E-state index is 6.26. The molecule has 0 aliphatic carbocycles. The van der Waals surface area contributed by atoms with Crippen molar-refractivity contribution < 1.29 is 0 Å². The number of aryl methyl sites for hydroxylation is 2. The van der Waals surface area contributed by atoms with Gasteiger partial charge >= 0.3 is 0 Å². The van der Waals surface area contributed by atoms with Crippen LogP contribution in [0.3, 0.4) is 0 Å². The van der Waals surface area contributed by atoms with E-state index in [4.69, 9.17) is 17.3 Å². The molecule has 0 saturated carbocycles. The van der Waals surface area contributed by atoms with Crippen LogP contribution >= 0.6 is 23.3 Å². The van der Waals surface area contributed by atoms with E-state index in [1.807, 2.05) is 14.0 Å². The normalized spacial score (nSPS) is 12.9. The number of rotatable bonds is 4. The van der Waals surface area contributed by atoms with E-state index >= 15 is 0 Å². The quantitative estimate of drug-likeness (QED) is 0.919. The summed E-state index contributed by atoms with van der Waals surface area (Å²) in [5.74, 6) is 0. The highest BCUT2D eigenvalue weighted by Gasteiger charge is 2.18. The van der Waals surface area contributed by atoms with E-state index in [9.17, 15) is 0 Å². The minimum absolute atomic E-state index is 0.189. The van der Waals surface area contributed by atoms with Crippen LogP contribution in [0.5, 0.6) is 0 Å². The lowest BCUT2D eigenvalue weighted by molar-refractivity contribution is 0.631. The second-order valence-electron chi connectivity index (χ2n) is 3.83. The van der Waals surface area contributed by atoms with Gasteiger partial charge in [0.15, 0.2) is 0 Å². The first-order valence-electron chi connectivity index (χ1n) is 5.36. The third-order valence-electron chi connectivity index (χ3n) is 2.67. The first kappa shape index (κ1) is 12.5. The van der Waals surface area contributed by atoms with Crippen LogP contribution in [0.15, 0.2) is 6.20 Å². The van der Waals surface area contributed by atoms with Crippen LogP contribution in [-0.2, 0) is 19.9 Å². The highest BCUT2D eigenvalue weighted by Crippen LogP contribution is 2.24. The maximum absolute atomic E-state index is 6.26. The molecule has 0 amide bonds. The number of hydrogen-bond acceptors (Lipinski definition) is 5. The average molecular weight is 272 g/mol. The average Bonchev–Trinajstić information content (AvgIpc) is 2.92. The standard InChI is InChI=1S/C10H14ClN5S/c1-3-7-10(11)9(16(2)14-7)4-6(12)8-5-13-17-15-8/h5-6H,3-4,12H2,1-2H3. The van der Waals surface area contributed by atoms with Gasteiger partial charge in [-0.15, -0.1) is 0 Å². The Kier molecular flexibility index (Phi) is 3.76. The Balaban J connectivity index is 2.21. The van der Waals surface area contributed by atoms with E-state index in [0.717, 1.165) is 35.2 Å². The van der Waals surface area contributed by atoms with E-state index in [2.05, 4.69) is 13.8 Å². The van der Waals surface area contributed by atoms with Gasteiger partial charge in [0.1, 0.15) is 0 Å². The van der Waals surface area contributed by atoms with Crippen molar-refractivity contribution in [3.05, 3.63) is 28.3 Å². The van der Waals surface area contributed by atoms with Crippen molar-refractivity contribution in [1.29, 1.82) is 0 Å². The van der Waals surface area contributed by atoms with Crippen LogP contribution in [0, 0.1) is 0 Å². The minimum atomic E-state index is -0.189. The lowest BCUT2D eigenvalue weighted by atomic mass is 10.1. The van der Waals surface area contributed by atoms with Gasteiger partial charge in [-0.3, -0.25) is 4.68 Å². The molecule has 2 heterocycles. The molecule has 0 aliphatic heterocycles. The summed E-state index contributed by atoms with van der Waals surface area (Å²) in [4.78, 5) is 0. The molecule has 7 heteroatoms. The number of halogens is 1. The van der Waals surface area contributed by atoms with E-state index < -0.39 is 0 Å². The van der Waals surface area contributed by atoms with Crippen molar-refractivity contribution in [3.8, 4) is 0 Å². The zero-order chi connectivity index (χ0) is 12.4. The third kappa shape index (κ3) is 2.48. The van der Waals surface area contributed by atoms with E-state index in [0.29, 0.717) is 11.4 Å². The Morgan fingerprint density at radius 3 is 2.88 bits per heavy atom. The fourth-order valence-electron chi connectivity index (χ4n) is 1.69. The third-order valence-corrected chi connectivity index (χ3v) is 3.60. The molecule has 2 rings (SSSR count). The number of hydrogen-bond donors (Lipinski definition) is 1. The molecule has 2 N–H and O–H groups in total. The summed E-state index contributed by atoms with van der Waals surface area (Å²) in [7, 11) is 1.88. The molecule has 2 aromatic heterocycles. The Morgan fingerprint density at radius 2 is 2.35 bits per heavy atom. The molecule has 1 unspecified atom stereocenters. The minimum Gasteiger partial charge on any atom is -0.322 e. The van der Waals surface area contributed by atoms with Gasteiger partial charge in [0.25, 0.3) is 0 Å². The van der Waals surface area contributed by atoms with Crippen molar-refractivity contribution in [2.75, 3.05) is 0 Å². The number of nitrogens with two attached hydrogens (primary N) is 1. The van der Waals surface area contributed by atoms with Crippen LogP contribution in [0.4, 0.5) is 0 Å². The van der Waals surface area contributed by atoms with Crippen molar-refractivity contribution in [1.82, 2.24) is 18.5 Å². The van der Waals surface area contributed by atoms with Gasteiger partial charge in [0, 0.05) is 13.5 Å². The van der Waals surface area contributed by atoms with E-state index in [-0.39, 0.29) is 6.04 Å². The predicted octanol–water partition coefficient (Wildman–Crippen LogP) is 1.73. The summed E-state index contributed by atoms with van der Waals surface area (Å²) in [6, 6.07) is -0.189. The summed E-state index contributed by atoms with van der Waals surface area (Å²) in [6.07, 6.45) is 3.13. The molecule has 92 valence electrons. The van der Waals surface area contributed by atoms with Crippen molar-refractivity contribution in [2.24, 2.45) is 12.8 Å². The first-order chi connectivity index (χ1) is 8.13. The molecular weight excluding hydrogens is 258 g/mol. The predicted molar refractivity (Wildman–Crippen MR) is 68.1 cm³/mol. The van der Waals surface area contributed by atoms with E-state index in [1.165, 1.54) is 0 Å². The molecule has 0 radical (unpaired) electrons. The molecule has 0 fully saturated rings. The highest BCUT2D eigenvalue weighted by atomic mass is 35.5. The summed E-state index contributed by atoms with van der Waals surface area (Å²) >= 11 is 7.42. The van der Waals surface area contributed by atoms with Crippen molar-refractivity contribution in [3.63, 3.8) is 0 Å². The molecule has 17 heavy (non-hydrogen) atoms. The monoisotopic (exact) mass is 271 g/mol. The SMILES string of the molecule is CCc1nn(C)c(CC(N)c2cnsn2)c1Cl. The fourth-order valence-corrected chi connectivity index (χ4v) is 2.54. The molecule has 0 spiro atoms. The largest absolute Gasteiger partial charge is 0.322 e. The second-order valence-corrected chi connectivity index (χ2v) is 4.76. The first-order valence-corrected chi connectivity index (χ1v) is 6.47. The number of aromatic nitrogens is 4. The smallest absolute Gasteiger partial charge is 0.0914 e. The summed E-state index contributed by atoms with van der Waals surface area (Å²) in [6.45, 7) is 2.03. The molecule has 5 nitrogen and oxygen atoms in total. The summed E-state index contributed by atoms with van der Waals surface area (Å²) in [5, 5.41) is 5.08. The van der Waals surface area contributed by atoms with Gasteiger partial charge in [-0.1, -0.05) is 18.5 Å². The van der Waals surface area contributed by atoms with Crippen LogP contribution in [0.25, 0.3) is 0 Å². The van der Waals surface area contributed by atoms with Gasteiger partial charge < -0.3 is 5.73 Å². The van der Waals surface area contributed by atoms with Crippen molar-refractivity contribution in [2.45, 2.75) is 25.8 Å². The lowest BCUT2D eigenvalue weighted by Crippen LogP contribution is -2.15. The zero-order valence-corrected chi connectivity index (χ0v) is 11.3. The zero-order valence-electron chi connectivity index (χ0n) is 9.72. The second kappa shape index (κ2) is 5.12. The lowest BCUT2D eigenvalue weighted by Gasteiger charge is -2.08. The number of nitrogens with zero attached hydrogens (tertiary/aromatic N) is 4. The Morgan fingerprint density at radius 1 is 1.59 bits per heavy atom.